The van der Waals surface area contributed by atoms with E-state index < -0.39 is 5.82 Å². The van der Waals surface area contributed by atoms with Crippen LogP contribution in [-0.4, -0.2) is 26.2 Å². The van der Waals surface area contributed by atoms with Crippen LogP contribution in [0.3, 0.4) is 0 Å². The molecule has 0 heterocycles. The fourth-order valence-corrected chi connectivity index (χ4v) is 1.45. The molecule has 0 aliphatic carbocycles. The highest BCUT2D eigenvalue weighted by Gasteiger charge is 2.08. The third-order valence-corrected chi connectivity index (χ3v) is 2.47. The number of anilines is 1. The molecule has 0 spiro atoms. The Morgan fingerprint density at radius 1 is 1.56 bits per heavy atom. The highest BCUT2D eigenvalue weighted by Crippen LogP contribution is 2.17. The second-order valence-electron chi connectivity index (χ2n) is 3.75. The maximum Gasteiger partial charge on any atom is 0.307 e. The molecule has 18 heavy (non-hydrogen) atoms. The number of halogens is 1. The lowest BCUT2D eigenvalue weighted by atomic mass is 10.2. The van der Waals surface area contributed by atoms with E-state index in [1.165, 1.54) is 12.1 Å². The number of carbonyl (C=O) groups is 1. The molecular formula is C13H15FN2O2. The summed E-state index contributed by atoms with van der Waals surface area (Å²) in [7, 11) is 1.75. The van der Waals surface area contributed by atoms with E-state index in [4.69, 9.17) is 10.00 Å². The molecule has 0 saturated heterocycles. The number of hydrogen-bond donors (Lipinski definition) is 0. The Balaban J connectivity index is 2.62. The molecule has 0 unspecified atom stereocenters. The highest BCUT2D eigenvalue weighted by molar-refractivity contribution is 5.70. The molecule has 1 aromatic carbocycles. The molecule has 1 rings (SSSR count). The first-order chi connectivity index (χ1) is 8.58. The Morgan fingerprint density at radius 3 is 2.83 bits per heavy atom. The summed E-state index contributed by atoms with van der Waals surface area (Å²) in [6.07, 6.45) is 0.242. The zero-order chi connectivity index (χ0) is 13.5. The van der Waals surface area contributed by atoms with E-state index >= 15 is 0 Å². The molecule has 0 aliphatic heterocycles. The summed E-state index contributed by atoms with van der Waals surface area (Å²) in [6.45, 7) is 2.54. The fourth-order valence-electron chi connectivity index (χ4n) is 1.45. The SMILES string of the molecule is CCOC(=O)CCN(C)c1ccc(C#N)c(F)c1. The van der Waals surface area contributed by atoms with Gasteiger partial charge in [-0.15, -0.1) is 0 Å². The molecule has 0 fully saturated rings. The molecule has 4 nitrogen and oxygen atoms in total. The molecule has 0 atom stereocenters. The molecule has 1 aromatic rings. The Hall–Kier alpha value is -2.09. The first kappa shape index (κ1) is 14.0. The van der Waals surface area contributed by atoms with E-state index in [-0.39, 0.29) is 18.0 Å². The van der Waals surface area contributed by atoms with Crippen molar-refractivity contribution in [3.05, 3.63) is 29.6 Å². The average molecular weight is 250 g/mol. The number of nitriles is 1. The molecule has 0 saturated carbocycles. The molecule has 5 heteroatoms. The number of benzene rings is 1. The van der Waals surface area contributed by atoms with Crippen LogP contribution in [0.25, 0.3) is 0 Å². The van der Waals surface area contributed by atoms with Gasteiger partial charge in [0.15, 0.2) is 0 Å². The van der Waals surface area contributed by atoms with Crippen molar-refractivity contribution in [1.29, 1.82) is 5.26 Å². The van der Waals surface area contributed by atoms with Crippen LogP contribution < -0.4 is 4.90 Å². The quantitative estimate of drug-likeness (QED) is 0.751. The van der Waals surface area contributed by atoms with Gasteiger partial charge in [0.05, 0.1) is 18.6 Å². The summed E-state index contributed by atoms with van der Waals surface area (Å²) in [5.74, 6) is -0.837. The molecule has 0 amide bonds. The molecule has 96 valence electrons. The van der Waals surface area contributed by atoms with Crippen molar-refractivity contribution < 1.29 is 13.9 Å². The predicted octanol–water partition coefficient (Wildman–Crippen LogP) is 2.09. The summed E-state index contributed by atoms with van der Waals surface area (Å²) in [4.78, 5) is 12.9. The molecular weight excluding hydrogens is 235 g/mol. The summed E-state index contributed by atoms with van der Waals surface area (Å²) < 4.78 is 18.2. The van der Waals surface area contributed by atoms with Crippen LogP contribution in [-0.2, 0) is 9.53 Å². The lowest BCUT2D eigenvalue weighted by Crippen LogP contribution is -2.22. The smallest absolute Gasteiger partial charge is 0.307 e. The monoisotopic (exact) mass is 250 g/mol. The van der Waals surface area contributed by atoms with Crippen molar-refractivity contribution in [2.45, 2.75) is 13.3 Å². The number of rotatable bonds is 5. The lowest BCUT2D eigenvalue weighted by Gasteiger charge is -2.18. The van der Waals surface area contributed by atoms with Gasteiger partial charge < -0.3 is 9.64 Å². The van der Waals surface area contributed by atoms with Gasteiger partial charge in [-0.05, 0) is 25.1 Å². The minimum atomic E-state index is -0.557. The highest BCUT2D eigenvalue weighted by atomic mass is 19.1. The van der Waals surface area contributed by atoms with E-state index in [0.717, 1.165) is 0 Å². The predicted molar refractivity (Wildman–Crippen MR) is 65.6 cm³/mol. The van der Waals surface area contributed by atoms with E-state index in [0.29, 0.717) is 18.8 Å². The topological polar surface area (TPSA) is 53.3 Å². The van der Waals surface area contributed by atoms with E-state index in [1.807, 2.05) is 0 Å². The number of ether oxygens (including phenoxy) is 1. The zero-order valence-electron chi connectivity index (χ0n) is 10.4. The van der Waals surface area contributed by atoms with Crippen LogP contribution in [0, 0.1) is 17.1 Å². The van der Waals surface area contributed by atoms with E-state index in [9.17, 15) is 9.18 Å². The normalized spacial score (nSPS) is 9.67. The molecule has 0 radical (unpaired) electrons. The van der Waals surface area contributed by atoms with Crippen molar-refractivity contribution in [2.75, 3.05) is 25.1 Å². The lowest BCUT2D eigenvalue weighted by molar-refractivity contribution is -0.142. The van der Waals surface area contributed by atoms with Gasteiger partial charge in [-0.3, -0.25) is 4.79 Å². The van der Waals surface area contributed by atoms with E-state index in [2.05, 4.69) is 0 Å². The van der Waals surface area contributed by atoms with Gasteiger partial charge in [0, 0.05) is 19.3 Å². The van der Waals surface area contributed by atoms with Crippen molar-refractivity contribution in [2.24, 2.45) is 0 Å². The number of carbonyl (C=O) groups excluding carboxylic acids is 1. The van der Waals surface area contributed by atoms with Gasteiger partial charge in [-0.1, -0.05) is 0 Å². The van der Waals surface area contributed by atoms with Crippen LogP contribution in [0.5, 0.6) is 0 Å². The number of nitrogens with zero attached hydrogens (tertiary/aromatic N) is 2. The van der Waals surface area contributed by atoms with E-state index in [1.54, 1.807) is 31.0 Å². The zero-order valence-corrected chi connectivity index (χ0v) is 10.4. The van der Waals surface area contributed by atoms with Crippen molar-refractivity contribution in [3.63, 3.8) is 0 Å². The maximum absolute atomic E-state index is 13.4. The minimum absolute atomic E-state index is 0.0116. The first-order valence-corrected chi connectivity index (χ1v) is 5.65. The van der Waals surface area contributed by atoms with Gasteiger partial charge >= 0.3 is 5.97 Å². The van der Waals surface area contributed by atoms with Crippen LogP contribution in [0.4, 0.5) is 10.1 Å². The van der Waals surface area contributed by atoms with Crippen LogP contribution >= 0.6 is 0 Å². The molecule has 0 aromatic heterocycles. The van der Waals surface area contributed by atoms with Crippen molar-refractivity contribution in [3.8, 4) is 6.07 Å². The second-order valence-corrected chi connectivity index (χ2v) is 3.75. The van der Waals surface area contributed by atoms with Gasteiger partial charge in [0.1, 0.15) is 11.9 Å². The maximum atomic E-state index is 13.4. The van der Waals surface area contributed by atoms with Crippen LogP contribution in [0.2, 0.25) is 0 Å². The molecule has 0 bridgehead atoms. The van der Waals surface area contributed by atoms with Gasteiger partial charge in [0.2, 0.25) is 0 Å². The third-order valence-electron chi connectivity index (χ3n) is 2.47. The second kappa shape index (κ2) is 6.60. The van der Waals surface area contributed by atoms with Gasteiger partial charge in [-0.2, -0.15) is 5.26 Å². The van der Waals surface area contributed by atoms with Gasteiger partial charge in [0.25, 0.3) is 0 Å². The van der Waals surface area contributed by atoms with Gasteiger partial charge in [-0.25, -0.2) is 4.39 Å². The largest absolute Gasteiger partial charge is 0.466 e. The summed E-state index contributed by atoms with van der Waals surface area (Å²) in [6, 6.07) is 6.11. The van der Waals surface area contributed by atoms with Crippen LogP contribution in [0.15, 0.2) is 18.2 Å². The third kappa shape index (κ3) is 3.74. The summed E-state index contributed by atoms with van der Waals surface area (Å²) in [5, 5.41) is 8.62. The Bertz CT molecular complexity index is 469. The Kier molecular flexibility index (Phi) is 5.12. The fraction of sp³-hybridized carbons (Fsp3) is 0.385. The average Bonchev–Trinajstić information content (AvgIpc) is 2.36. The molecule has 0 aliphatic rings. The first-order valence-electron chi connectivity index (χ1n) is 5.65. The number of esters is 1. The number of hydrogen-bond acceptors (Lipinski definition) is 4. The summed E-state index contributed by atoms with van der Waals surface area (Å²) >= 11 is 0. The standard InChI is InChI=1S/C13H15FN2O2/c1-3-18-13(17)6-7-16(2)11-5-4-10(9-15)12(14)8-11/h4-5,8H,3,6-7H2,1-2H3. The molecule has 0 N–H and O–H groups in total. The van der Waals surface area contributed by atoms with Crippen LogP contribution in [0.1, 0.15) is 18.9 Å². The Labute approximate surface area is 106 Å². The van der Waals surface area contributed by atoms with Crippen molar-refractivity contribution in [1.82, 2.24) is 0 Å². The van der Waals surface area contributed by atoms with Crippen molar-refractivity contribution >= 4 is 11.7 Å². The summed E-state index contributed by atoms with van der Waals surface area (Å²) in [5.41, 5.74) is 0.633. The minimum Gasteiger partial charge on any atom is -0.466 e. The Morgan fingerprint density at radius 2 is 2.28 bits per heavy atom.